The Morgan fingerprint density at radius 3 is 2.47 bits per heavy atom. The van der Waals surface area contributed by atoms with Gasteiger partial charge in [-0.05, 0) is 29.8 Å². The second-order valence-electron chi connectivity index (χ2n) is 7.29. The molecular weight excluding hydrogens is 390 g/mol. The van der Waals surface area contributed by atoms with E-state index in [2.05, 4.69) is 0 Å². The number of ether oxygens (including phenoxy) is 2. The molecule has 154 valence electrons. The van der Waals surface area contributed by atoms with Crippen molar-refractivity contribution in [3.05, 3.63) is 54.1 Å². The first-order valence-corrected chi connectivity index (χ1v) is 9.59. The van der Waals surface area contributed by atoms with Crippen LogP contribution in [0.4, 0.5) is 5.69 Å². The van der Waals surface area contributed by atoms with Crippen LogP contribution in [0.15, 0.2) is 48.5 Å². The molecule has 3 amide bonds. The normalized spacial score (nSPS) is 25.5. The molecule has 3 aliphatic heterocycles. The van der Waals surface area contributed by atoms with Gasteiger partial charge in [0.05, 0.1) is 17.6 Å². The summed E-state index contributed by atoms with van der Waals surface area (Å²) in [5, 5.41) is 1.32. The highest BCUT2D eigenvalue weighted by molar-refractivity contribution is 6.23. The first kappa shape index (κ1) is 18.6. The van der Waals surface area contributed by atoms with Crippen LogP contribution in [0.3, 0.4) is 0 Å². The number of rotatable bonds is 4. The third-order valence-corrected chi connectivity index (χ3v) is 5.43. The molecule has 0 aromatic heterocycles. The van der Waals surface area contributed by atoms with Crippen LogP contribution < -0.4 is 20.1 Å². The van der Waals surface area contributed by atoms with Crippen LogP contribution in [0.5, 0.6) is 11.5 Å². The van der Waals surface area contributed by atoms with Gasteiger partial charge in [0.2, 0.25) is 11.8 Å². The van der Waals surface area contributed by atoms with Gasteiger partial charge in [0.1, 0.15) is 19.8 Å². The number of anilines is 1. The Morgan fingerprint density at radius 2 is 1.73 bits per heavy atom. The molecule has 9 heteroatoms. The van der Waals surface area contributed by atoms with Crippen molar-refractivity contribution >= 4 is 23.4 Å². The fourth-order valence-corrected chi connectivity index (χ4v) is 4.21. The lowest BCUT2D eigenvalue weighted by Crippen LogP contribution is -2.40. The number of fused-ring (bicyclic) bond motifs is 2. The van der Waals surface area contributed by atoms with Crippen molar-refractivity contribution in [1.29, 1.82) is 0 Å². The van der Waals surface area contributed by atoms with Gasteiger partial charge in [-0.2, -0.15) is 5.06 Å². The molecule has 2 fully saturated rings. The van der Waals surface area contributed by atoms with E-state index in [1.54, 1.807) is 48.5 Å². The Labute approximate surface area is 171 Å². The van der Waals surface area contributed by atoms with Crippen molar-refractivity contribution in [3.63, 3.8) is 0 Å². The quantitative estimate of drug-likeness (QED) is 0.743. The molecule has 2 aromatic carbocycles. The smallest absolute Gasteiger partial charge is 0.265 e. The molecule has 5 rings (SSSR count). The van der Waals surface area contributed by atoms with Crippen molar-refractivity contribution in [1.82, 2.24) is 5.06 Å². The predicted octanol–water partition coefficient (Wildman–Crippen LogP) is 0.790. The Bertz CT molecular complexity index is 1030. The summed E-state index contributed by atoms with van der Waals surface area (Å²) in [6.45, 7) is 0.613. The van der Waals surface area contributed by atoms with Gasteiger partial charge in [0, 0.05) is 0 Å². The molecule has 3 aliphatic rings. The second kappa shape index (κ2) is 7.12. The molecule has 3 heterocycles. The first-order valence-electron chi connectivity index (χ1n) is 9.59. The van der Waals surface area contributed by atoms with E-state index in [4.69, 9.17) is 20.0 Å². The van der Waals surface area contributed by atoms with Crippen molar-refractivity contribution < 1.29 is 28.7 Å². The summed E-state index contributed by atoms with van der Waals surface area (Å²) in [7, 11) is 0. The number of primary amides is 1. The number of imide groups is 1. The maximum Gasteiger partial charge on any atom is 0.265 e. The zero-order valence-electron chi connectivity index (χ0n) is 15.9. The van der Waals surface area contributed by atoms with Crippen molar-refractivity contribution in [3.8, 4) is 11.5 Å². The van der Waals surface area contributed by atoms with Gasteiger partial charge < -0.3 is 15.2 Å². The molecule has 0 aliphatic carbocycles. The Kier molecular flexibility index (Phi) is 4.41. The van der Waals surface area contributed by atoms with E-state index in [-0.39, 0.29) is 12.5 Å². The molecule has 2 N–H and O–H groups in total. The van der Waals surface area contributed by atoms with E-state index in [1.807, 2.05) is 0 Å². The summed E-state index contributed by atoms with van der Waals surface area (Å²) >= 11 is 0. The van der Waals surface area contributed by atoms with Gasteiger partial charge >= 0.3 is 0 Å². The first-order chi connectivity index (χ1) is 14.5. The largest absolute Gasteiger partial charge is 0.486 e. The van der Waals surface area contributed by atoms with Crippen LogP contribution in [0.2, 0.25) is 0 Å². The van der Waals surface area contributed by atoms with E-state index in [9.17, 15) is 14.4 Å². The number of nitrogens with two attached hydrogens (primary N) is 1. The monoisotopic (exact) mass is 409 g/mol. The van der Waals surface area contributed by atoms with E-state index in [1.165, 1.54) is 5.06 Å². The summed E-state index contributed by atoms with van der Waals surface area (Å²) < 4.78 is 11.2. The van der Waals surface area contributed by atoms with Crippen molar-refractivity contribution in [2.75, 3.05) is 24.7 Å². The summed E-state index contributed by atoms with van der Waals surface area (Å²) in [6.07, 6.45) is -1.03. The molecule has 3 atom stereocenters. The van der Waals surface area contributed by atoms with Gasteiger partial charge in [-0.3, -0.25) is 19.2 Å². The average Bonchev–Trinajstić information content (AvgIpc) is 3.23. The van der Waals surface area contributed by atoms with E-state index >= 15 is 0 Å². The number of hydroxylamine groups is 2. The maximum absolute atomic E-state index is 13.3. The molecule has 30 heavy (non-hydrogen) atoms. The molecule has 0 saturated carbocycles. The topological polar surface area (TPSA) is 111 Å². The number of carbonyl (C=O) groups excluding carboxylic acids is 3. The summed E-state index contributed by atoms with van der Waals surface area (Å²) in [5.74, 6) is -1.16. The number of benzene rings is 2. The highest BCUT2D eigenvalue weighted by Crippen LogP contribution is 2.47. The summed E-state index contributed by atoms with van der Waals surface area (Å²) in [6, 6.07) is 13.3. The van der Waals surface area contributed by atoms with Crippen LogP contribution >= 0.6 is 0 Å². The number of nitrogens with zero attached hydrogens (tertiary/aromatic N) is 2. The van der Waals surface area contributed by atoms with Crippen LogP contribution in [0.25, 0.3) is 0 Å². The van der Waals surface area contributed by atoms with Gasteiger partial charge in [-0.1, -0.05) is 24.3 Å². The van der Waals surface area contributed by atoms with Crippen LogP contribution in [-0.2, 0) is 19.2 Å². The highest BCUT2D eigenvalue weighted by Gasteiger charge is 2.60. The van der Waals surface area contributed by atoms with Crippen LogP contribution in [0, 0.1) is 5.92 Å². The standard InChI is InChI=1S/C21H19N3O6/c22-16(25)11-23-18(12-6-7-14-15(10-12)29-9-8-28-14)17-19(30-23)21(27)24(20(17)26)13-4-2-1-3-5-13/h1-7,10,17-19H,8-9,11H2,(H2,22,25). The van der Waals surface area contributed by atoms with Gasteiger partial charge in [0.25, 0.3) is 5.91 Å². The van der Waals surface area contributed by atoms with Gasteiger partial charge in [-0.25, -0.2) is 4.90 Å². The van der Waals surface area contributed by atoms with E-state index in [0.717, 1.165) is 4.90 Å². The Hall–Kier alpha value is -3.43. The molecule has 3 unspecified atom stereocenters. The third-order valence-electron chi connectivity index (χ3n) is 5.43. The zero-order valence-corrected chi connectivity index (χ0v) is 15.9. The lowest BCUT2D eigenvalue weighted by Gasteiger charge is -2.27. The van der Waals surface area contributed by atoms with Gasteiger partial charge in [0.15, 0.2) is 17.6 Å². The summed E-state index contributed by atoms with van der Waals surface area (Å²) in [4.78, 5) is 44.9. The van der Waals surface area contributed by atoms with Crippen molar-refractivity contribution in [2.24, 2.45) is 11.7 Å². The minimum absolute atomic E-state index is 0.252. The van der Waals surface area contributed by atoms with E-state index in [0.29, 0.717) is 36.0 Å². The van der Waals surface area contributed by atoms with Crippen LogP contribution in [-0.4, -0.2) is 48.6 Å². The average molecular weight is 409 g/mol. The predicted molar refractivity (Wildman–Crippen MR) is 103 cm³/mol. The molecule has 9 nitrogen and oxygen atoms in total. The van der Waals surface area contributed by atoms with E-state index < -0.39 is 29.9 Å². The molecule has 0 radical (unpaired) electrons. The van der Waals surface area contributed by atoms with Crippen LogP contribution in [0.1, 0.15) is 11.6 Å². The fourth-order valence-electron chi connectivity index (χ4n) is 4.21. The second-order valence-corrected chi connectivity index (χ2v) is 7.29. The van der Waals surface area contributed by atoms with Crippen molar-refractivity contribution in [2.45, 2.75) is 12.1 Å². The number of para-hydroxylation sites is 1. The Morgan fingerprint density at radius 1 is 1.00 bits per heavy atom. The SMILES string of the molecule is NC(=O)CN1OC2C(=O)N(c3ccccc3)C(=O)C2C1c1ccc2c(c1)OCCO2. The molecule has 0 bridgehead atoms. The third kappa shape index (κ3) is 2.90. The zero-order chi connectivity index (χ0) is 20.8. The molecule has 2 saturated heterocycles. The number of hydrogen-bond donors (Lipinski definition) is 1. The maximum atomic E-state index is 13.3. The molecule has 0 spiro atoms. The lowest BCUT2D eigenvalue weighted by molar-refractivity contribution is -0.175. The highest BCUT2D eigenvalue weighted by atomic mass is 16.7. The Balaban J connectivity index is 1.54. The summed E-state index contributed by atoms with van der Waals surface area (Å²) in [5.41, 5.74) is 6.53. The number of carbonyl (C=O) groups is 3. The number of amides is 3. The molecule has 2 aromatic rings. The lowest BCUT2D eigenvalue weighted by atomic mass is 9.90. The molecular formula is C21H19N3O6. The minimum atomic E-state index is -1.03. The fraction of sp³-hybridized carbons (Fsp3) is 0.286. The van der Waals surface area contributed by atoms with Gasteiger partial charge in [-0.15, -0.1) is 0 Å². The number of hydrogen-bond acceptors (Lipinski definition) is 7. The minimum Gasteiger partial charge on any atom is -0.486 e.